The number of hydrogen-bond acceptors (Lipinski definition) is 4. The standard InChI is InChI=1S/C18H19Cl2N3O3S2/c1-3-11(2)23-28(25,26)14-7-5-13(6-8-14)21-18(27)22-17(24)15-9-4-12(19)10-16(15)20/h4-11,23H,3H2,1-2H3,(H2,21,22,24,27). The zero-order valence-electron chi connectivity index (χ0n) is 15.1. The van der Waals surface area contributed by atoms with Gasteiger partial charge in [0.15, 0.2) is 5.11 Å². The number of nitrogens with one attached hydrogen (secondary N) is 3. The van der Waals surface area contributed by atoms with Crippen LogP contribution in [-0.2, 0) is 10.0 Å². The second kappa shape index (κ2) is 9.67. The Morgan fingerprint density at radius 3 is 2.36 bits per heavy atom. The number of halogens is 2. The smallest absolute Gasteiger partial charge is 0.258 e. The van der Waals surface area contributed by atoms with Crippen LogP contribution >= 0.6 is 35.4 Å². The molecular weight excluding hydrogens is 441 g/mol. The first-order valence-corrected chi connectivity index (χ1v) is 11.0. The Morgan fingerprint density at radius 2 is 1.79 bits per heavy atom. The number of anilines is 1. The quantitative estimate of drug-likeness (QED) is 0.563. The maximum absolute atomic E-state index is 12.3. The molecular formula is C18H19Cl2N3O3S2. The highest BCUT2D eigenvalue weighted by Crippen LogP contribution is 2.21. The minimum Gasteiger partial charge on any atom is -0.332 e. The fraction of sp³-hybridized carbons (Fsp3) is 0.222. The van der Waals surface area contributed by atoms with Gasteiger partial charge in [0.2, 0.25) is 10.0 Å². The second-order valence-corrected chi connectivity index (χ2v) is 8.95. The first kappa shape index (κ1) is 22.6. The Labute approximate surface area is 179 Å². The van der Waals surface area contributed by atoms with Gasteiger partial charge in [0.25, 0.3) is 5.91 Å². The molecule has 0 saturated heterocycles. The number of carbonyl (C=O) groups is 1. The molecule has 10 heteroatoms. The number of benzene rings is 2. The van der Waals surface area contributed by atoms with E-state index in [1.807, 2.05) is 6.92 Å². The predicted molar refractivity (Wildman–Crippen MR) is 117 cm³/mol. The number of hydrogen-bond donors (Lipinski definition) is 3. The van der Waals surface area contributed by atoms with Crippen LogP contribution in [0.4, 0.5) is 5.69 Å². The summed E-state index contributed by atoms with van der Waals surface area (Å²) in [5, 5.41) is 5.99. The molecule has 1 unspecified atom stereocenters. The van der Waals surface area contributed by atoms with E-state index in [9.17, 15) is 13.2 Å². The number of sulfonamides is 1. The number of amides is 1. The summed E-state index contributed by atoms with van der Waals surface area (Å²) in [4.78, 5) is 12.4. The molecule has 0 heterocycles. The highest BCUT2D eigenvalue weighted by atomic mass is 35.5. The van der Waals surface area contributed by atoms with Gasteiger partial charge in [0, 0.05) is 16.8 Å². The Hall–Kier alpha value is -1.71. The molecule has 0 bridgehead atoms. The van der Waals surface area contributed by atoms with Crippen LogP contribution in [0, 0.1) is 0 Å². The van der Waals surface area contributed by atoms with Gasteiger partial charge < -0.3 is 5.32 Å². The van der Waals surface area contributed by atoms with Gasteiger partial charge in [-0.05, 0) is 68.0 Å². The van der Waals surface area contributed by atoms with Crippen molar-refractivity contribution in [3.8, 4) is 0 Å². The van der Waals surface area contributed by atoms with Crippen LogP contribution in [0.3, 0.4) is 0 Å². The summed E-state index contributed by atoms with van der Waals surface area (Å²) in [6.45, 7) is 3.69. The molecule has 0 fully saturated rings. The van der Waals surface area contributed by atoms with Gasteiger partial charge in [-0.2, -0.15) is 0 Å². The summed E-state index contributed by atoms with van der Waals surface area (Å²) < 4.78 is 27.1. The number of rotatable bonds is 6. The highest BCUT2D eigenvalue weighted by Gasteiger charge is 2.17. The van der Waals surface area contributed by atoms with Crippen molar-refractivity contribution in [1.29, 1.82) is 0 Å². The topological polar surface area (TPSA) is 87.3 Å². The van der Waals surface area contributed by atoms with Gasteiger partial charge in [-0.1, -0.05) is 30.1 Å². The van der Waals surface area contributed by atoms with Crippen LogP contribution in [0.25, 0.3) is 0 Å². The average molecular weight is 460 g/mol. The fourth-order valence-corrected chi connectivity index (χ4v) is 4.17. The van der Waals surface area contributed by atoms with Gasteiger partial charge in [0.1, 0.15) is 0 Å². The third-order valence-electron chi connectivity index (χ3n) is 3.79. The lowest BCUT2D eigenvalue weighted by atomic mass is 10.2. The third kappa shape index (κ3) is 6.15. The van der Waals surface area contributed by atoms with Gasteiger partial charge in [-0.15, -0.1) is 0 Å². The van der Waals surface area contributed by atoms with Crippen LogP contribution in [0.1, 0.15) is 30.6 Å². The zero-order valence-corrected chi connectivity index (χ0v) is 18.3. The monoisotopic (exact) mass is 459 g/mol. The summed E-state index contributed by atoms with van der Waals surface area (Å²) in [6.07, 6.45) is 0.685. The first-order chi connectivity index (χ1) is 13.1. The summed E-state index contributed by atoms with van der Waals surface area (Å²) in [6, 6.07) is 10.4. The van der Waals surface area contributed by atoms with E-state index in [4.69, 9.17) is 35.4 Å². The lowest BCUT2D eigenvalue weighted by Gasteiger charge is -2.13. The van der Waals surface area contributed by atoms with Gasteiger partial charge in [-0.25, -0.2) is 13.1 Å². The van der Waals surface area contributed by atoms with E-state index >= 15 is 0 Å². The second-order valence-electron chi connectivity index (χ2n) is 5.99. The minimum absolute atomic E-state index is 0.0457. The van der Waals surface area contributed by atoms with E-state index in [1.54, 1.807) is 25.1 Å². The molecule has 0 radical (unpaired) electrons. The van der Waals surface area contributed by atoms with Crippen molar-refractivity contribution in [2.75, 3.05) is 5.32 Å². The molecule has 2 rings (SSSR count). The Bertz CT molecular complexity index is 980. The Balaban J connectivity index is 2.02. The molecule has 0 aliphatic carbocycles. The normalized spacial score (nSPS) is 12.3. The number of thiocarbonyl (C=S) groups is 1. The van der Waals surface area contributed by atoms with Crippen molar-refractivity contribution in [2.45, 2.75) is 31.2 Å². The minimum atomic E-state index is -3.59. The molecule has 3 N–H and O–H groups in total. The van der Waals surface area contributed by atoms with Crippen molar-refractivity contribution in [1.82, 2.24) is 10.0 Å². The lowest BCUT2D eigenvalue weighted by Crippen LogP contribution is -2.34. The van der Waals surface area contributed by atoms with Crippen LogP contribution in [0.15, 0.2) is 47.4 Å². The van der Waals surface area contributed by atoms with E-state index in [0.29, 0.717) is 17.1 Å². The summed E-state index contributed by atoms with van der Waals surface area (Å²) >= 11 is 16.9. The molecule has 150 valence electrons. The molecule has 1 atom stereocenters. The van der Waals surface area contributed by atoms with Gasteiger partial charge in [0.05, 0.1) is 15.5 Å². The van der Waals surface area contributed by atoms with E-state index in [0.717, 1.165) is 0 Å². The highest BCUT2D eigenvalue weighted by molar-refractivity contribution is 7.89. The molecule has 1 amide bonds. The maximum atomic E-state index is 12.3. The van der Waals surface area contributed by atoms with Crippen LogP contribution in [0.5, 0.6) is 0 Å². The van der Waals surface area contributed by atoms with Crippen molar-refractivity contribution >= 4 is 62.2 Å². The number of carbonyl (C=O) groups excluding carboxylic acids is 1. The molecule has 6 nitrogen and oxygen atoms in total. The van der Waals surface area contributed by atoms with E-state index in [-0.39, 0.29) is 26.6 Å². The summed E-state index contributed by atoms with van der Waals surface area (Å²) in [5.41, 5.74) is 0.753. The van der Waals surface area contributed by atoms with Crippen LogP contribution < -0.4 is 15.4 Å². The molecule has 2 aromatic carbocycles. The zero-order chi connectivity index (χ0) is 20.9. The van der Waals surface area contributed by atoms with Crippen molar-refractivity contribution in [3.63, 3.8) is 0 Å². The van der Waals surface area contributed by atoms with Gasteiger partial charge >= 0.3 is 0 Å². The molecule has 0 spiro atoms. The fourth-order valence-electron chi connectivity index (χ4n) is 2.14. The van der Waals surface area contributed by atoms with E-state index in [1.165, 1.54) is 24.3 Å². The van der Waals surface area contributed by atoms with Crippen molar-refractivity contribution in [2.24, 2.45) is 0 Å². The molecule has 2 aromatic rings. The summed E-state index contributed by atoms with van der Waals surface area (Å²) in [5.74, 6) is -0.490. The predicted octanol–water partition coefficient (Wildman–Crippen LogP) is 4.20. The molecule has 0 aliphatic heterocycles. The van der Waals surface area contributed by atoms with E-state index < -0.39 is 15.9 Å². The maximum Gasteiger partial charge on any atom is 0.258 e. The largest absolute Gasteiger partial charge is 0.332 e. The third-order valence-corrected chi connectivity index (χ3v) is 6.15. The van der Waals surface area contributed by atoms with E-state index in [2.05, 4.69) is 15.4 Å². The molecule has 0 saturated carbocycles. The Morgan fingerprint density at radius 1 is 1.14 bits per heavy atom. The van der Waals surface area contributed by atoms with Crippen LogP contribution in [-0.4, -0.2) is 25.5 Å². The summed E-state index contributed by atoms with van der Waals surface area (Å²) in [7, 11) is -3.59. The first-order valence-electron chi connectivity index (χ1n) is 8.32. The Kier molecular flexibility index (Phi) is 7.79. The molecule has 28 heavy (non-hydrogen) atoms. The van der Waals surface area contributed by atoms with Crippen molar-refractivity contribution in [3.05, 3.63) is 58.1 Å². The van der Waals surface area contributed by atoms with Gasteiger partial charge in [-0.3, -0.25) is 10.1 Å². The average Bonchev–Trinajstić information content (AvgIpc) is 2.61. The lowest BCUT2D eigenvalue weighted by molar-refractivity contribution is 0.0978. The SMILES string of the molecule is CCC(C)NS(=O)(=O)c1ccc(NC(=S)NC(=O)c2ccc(Cl)cc2Cl)cc1. The van der Waals surface area contributed by atoms with Crippen molar-refractivity contribution < 1.29 is 13.2 Å². The molecule has 0 aromatic heterocycles. The molecule has 0 aliphatic rings. The van der Waals surface area contributed by atoms with Crippen LogP contribution in [0.2, 0.25) is 10.0 Å².